The van der Waals surface area contributed by atoms with E-state index in [1.54, 1.807) is 13.2 Å². The van der Waals surface area contributed by atoms with Gasteiger partial charge in [0.1, 0.15) is 5.75 Å². The number of amides is 1. The molecule has 1 heterocycles. The molecule has 0 aliphatic rings. The van der Waals surface area contributed by atoms with Crippen LogP contribution in [0.3, 0.4) is 0 Å². The number of ether oxygens (including phenoxy) is 1. The van der Waals surface area contributed by atoms with Crippen LogP contribution >= 0.6 is 11.8 Å². The van der Waals surface area contributed by atoms with Crippen molar-refractivity contribution in [3.63, 3.8) is 0 Å². The summed E-state index contributed by atoms with van der Waals surface area (Å²) in [5.41, 5.74) is 3.86. The summed E-state index contributed by atoms with van der Waals surface area (Å²) < 4.78 is 7.11. The number of benzene rings is 2. The molecular formula is C20H21N5O4S. The van der Waals surface area contributed by atoms with Gasteiger partial charge in [0.2, 0.25) is 0 Å². The quantitative estimate of drug-likeness (QED) is 0.219. The van der Waals surface area contributed by atoms with Crippen LogP contribution in [0, 0.1) is 0 Å². The van der Waals surface area contributed by atoms with Gasteiger partial charge in [0, 0.05) is 12.1 Å². The Balaban J connectivity index is 1.59. The summed E-state index contributed by atoms with van der Waals surface area (Å²) in [6.45, 7) is 2.64. The highest BCUT2D eigenvalue weighted by Gasteiger charge is 2.14. The van der Waals surface area contributed by atoms with Gasteiger partial charge >= 0.3 is 0 Å². The first-order valence-electron chi connectivity index (χ1n) is 9.06. The highest BCUT2D eigenvalue weighted by molar-refractivity contribution is 7.99. The Bertz CT molecular complexity index is 1050. The molecule has 9 nitrogen and oxygen atoms in total. The predicted molar refractivity (Wildman–Crippen MR) is 114 cm³/mol. The Hall–Kier alpha value is -3.53. The number of carbonyl (C=O) groups excluding carboxylic acids is 1. The first-order valence-corrected chi connectivity index (χ1v) is 10.0. The number of aromatic hydroxyl groups is 2. The lowest BCUT2D eigenvalue weighted by molar-refractivity contribution is -0.118. The highest BCUT2D eigenvalue weighted by atomic mass is 32.2. The Morgan fingerprint density at radius 2 is 1.97 bits per heavy atom. The molecule has 3 aromatic rings. The molecule has 0 unspecified atom stereocenters. The van der Waals surface area contributed by atoms with Gasteiger partial charge in [0.15, 0.2) is 22.5 Å². The van der Waals surface area contributed by atoms with Crippen molar-refractivity contribution in [2.45, 2.75) is 18.6 Å². The van der Waals surface area contributed by atoms with Crippen molar-refractivity contribution < 1.29 is 19.7 Å². The van der Waals surface area contributed by atoms with Crippen LogP contribution in [-0.2, 0) is 11.3 Å². The molecule has 3 N–H and O–H groups in total. The normalized spacial score (nSPS) is 11.0. The van der Waals surface area contributed by atoms with E-state index in [4.69, 9.17) is 4.74 Å². The first kappa shape index (κ1) is 21.2. The fourth-order valence-corrected chi connectivity index (χ4v) is 3.39. The van der Waals surface area contributed by atoms with Crippen molar-refractivity contribution in [2.75, 3.05) is 12.9 Å². The number of nitrogens with one attached hydrogen (secondary N) is 1. The molecular weight excluding hydrogens is 406 g/mol. The van der Waals surface area contributed by atoms with E-state index in [-0.39, 0.29) is 23.2 Å². The van der Waals surface area contributed by atoms with Gasteiger partial charge < -0.3 is 19.5 Å². The number of hydrogen-bond acceptors (Lipinski definition) is 8. The van der Waals surface area contributed by atoms with Gasteiger partial charge in [-0.25, -0.2) is 5.43 Å². The number of phenols is 2. The van der Waals surface area contributed by atoms with Gasteiger partial charge in [-0.05, 0) is 55.0 Å². The number of methoxy groups -OCH3 is 1. The molecule has 0 aliphatic carbocycles. The number of aromatic nitrogens is 3. The lowest BCUT2D eigenvalue weighted by atomic mass is 10.2. The lowest BCUT2D eigenvalue weighted by Gasteiger charge is -2.07. The SMILES string of the molecule is CCn1c(SCC(=O)NN=Cc2ccc(O)c(O)c2)nnc1-c1ccc(OC)cc1. The van der Waals surface area contributed by atoms with E-state index < -0.39 is 0 Å². The third kappa shape index (κ3) is 5.09. The van der Waals surface area contributed by atoms with Crippen molar-refractivity contribution in [1.82, 2.24) is 20.2 Å². The largest absolute Gasteiger partial charge is 0.504 e. The monoisotopic (exact) mass is 427 g/mol. The van der Waals surface area contributed by atoms with Gasteiger partial charge in [0.25, 0.3) is 5.91 Å². The average Bonchev–Trinajstić information content (AvgIpc) is 3.17. The second-order valence-corrected chi connectivity index (χ2v) is 7.05. The zero-order valence-corrected chi connectivity index (χ0v) is 17.3. The van der Waals surface area contributed by atoms with Crippen LogP contribution < -0.4 is 10.2 Å². The van der Waals surface area contributed by atoms with Gasteiger partial charge in [-0.15, -0.1) is 10.2 Å². The number of rotatable bonds is 8. The van der Waals surface area contributed by atoms with Crippen molar-refractivity contribution >= 4 is 23.9 Å². The third-order valence-electron chi connectivity index (χ3n) is 4.12. The number of nitrogens with zero attached hydrogens (tertiary/aromatic N) is 4. The van der Waals surface area contributed by atoms with Crippen molar-refractivity contribution in [3.05, 3.63) is 48.0 Å². The number of carbonyl (C=O) groups is 1. The molecule has 0 saturated carbocycles. The number of hydrogen-bond donors (Lipinski definition) is 3. The molecule has 3 rings (SSSR count). The molecule has 30 heavy (non-hydrogen) atoms. The molecule has 156 valence electrons. The average molecular weight is 427 g/mol. The molecule has 1 amide bonds. The van der Waals surface area contributed by atoms with E-state index in [9.17, 15) is 15.0 Å². The summed E-state index contributed by atoms with van der Waals surface area (Å²) in [5.74, 6) is 0.799. The van der Waals surface area contributed by atoms with Crippen molar-refractivity contribution in [2.24, 2.45) is 5.10 Å². The summed E-state index contributed by atoms with van der Waals surface area (Å²) >= 11 is 1.26. The second kappa shape index (κ2) is 9.79. The van der Waals surface area contributed by atoms with Crippen LogP contribution in [0.15, 0.2) is 52.7 Å². The van der Waals surface area contributed by atoms with E-state index in [1.807, 2.05) is 35.8 Å². The molecule has 0 spiro atoms. The van der Waals surface area contributed by atoms with E-state index in [1.165, 1.54) is 30.1 Å². The van der Waals surface area contributed by atoms with Crippen molar-refractivity contribution in [1.29, 1.82) is 0 Å². The van der Waals surface area contributed by atoms with Crippen LogP contribution in [0.2, 0.25) is 0 Å². The maximum atomic E-state index is 12.1. The van der Waals surface area contributed by atoms with E-state index in [0.29, 0.717) is 23.1 Å². The highest BCUT2D eigenvalue weighted by Crippen LogP contribution is 2.26. The fourth-order valence-electron chi connectivity index (χ4n) is 2.60. The van der Waals surface area contributed by atoms with Crippen molar-refractivity contribution in [3.8, 4) is 28.6 Å². The van der Waals surface area contributed by atoms with Gasteiger partial charge in [0.05, 0.1) is 19.1 Å². The van der Waals surface area contributed by atoms with E-state index >= 15 is 0 Å². The maximum absolute atomic E-state index is 12.1. The molecule has 1 aromatic heterocycles. The van der Waals surface area contributed by atoms with Crippen LogP contribution in [0.4, 0.5) is 0 Å². The van der Waals surface area contributed by atoms with Gasteiger partial charge in [-0.3, -0.25) is 4.79 Å². The summed E-state index contributed by atoms with van der Waals surface area (Å²) in [7, 11) is 1.61. The minimum absolute atomic E-state index is 0.110. The first-order chi connectivity index (χ1) is 14.5. The molecule has 0 atom stereocenters. The lowest BCUT2D eigenvalue weighted by Crippen LogP contribution is -2.20. The summed E-state index contributed by atoms with van der Waals surface area (Å²) in [4.78, 5) is 12.1. The fraction of sp³-hybridized carbons (Fsp3) is 0.200. The summed E-state index contributed by atoms with van der Waals surface area (Å²) in [6.07, 6.45) is 1.37. The summed E-state index contributed by atoms with van der Waals surface area (Å²) in [5, 5.41) is 31.7. The van der Waals surface area contributed by atoms with Gasteiger partial charge in [-0.1, -0.05) is 11.8 Å². The maximum Gasteiger partial charge on any atom is 0.250 e. The zero-order chi connectivity index (χ0) is 21.5. The molecule has 0 bridgehead atoms. The molecule has 10 heteroatoms. The molecule has 0 saturated heterocycles. The number of phenolic OH excluding ortho intramolecular Hbond substituents is 2. The third-order valence-corrected chi connectivity index (χ3v) is 5.08. The Morgan fingerprint density at radius 3 is 2.63 bits per heavy atom. The van der Waals surface area contributed by atoms with E-state index in [0.717, 1.165) is 11.3 Å². The van der Waals surface area contributed by atoms with E-state index in [2.05, 4.69) is 20.7 Å². The van der Waals surface area contributed by atoms with Crippen LogP contribution in [0.1, 0.15) is 12.5 Å². The second-order valence-electron chi connectivity index (χ2n) is 6.11. The summed E-state index contributed by atoms with van der Waals surface area (Å²) in [6, 6.07) is 11.8. The molecule has 0 aliphatic heterocycles. The standard InChI is InChI=1S/C20H21N5O4S/c1-3-25-19(14-5-7-15(29-2)8-6-14)23-24-20(25)30-12-18(28)22-21-11-13-4-9-16(26)17(27)10-13/h4-11,26-27H,3,12H2,1-2H3,(H,22,28). The molecule has 0 fully saturated rings. The minimum atomic E-state index is -0.309. The Morgan fingerprint density at radius 1 is 1.20 bits per heavy atom. The number of thioether (sulfide) groups is 1. The van der Waals surface area contributed by atoms with Gasteiger partial charge in [-0.2, -0.15) is 5.10 Å². The predicted octanol–water partition coefficient (Wildman–Crippen LogP) is 2.63. The van der Waals surface area contributed by atoms with Crippen LogP contribution in [0.5, 0.6) is 17.2 Å². The van der Waals surface area contributed by atoms with Crippen LogP contribution in [-0.4, -0.2) is 50.0 Å². The molecule has 0 radical (unpaired) electrons. The smallest absolute Gasteiger partial charge is 0.250 e. The topological polar surface area (TPSA) is 122 Å². The number of hydrazone groups is 1. The zero-order valence-electron chi connectivity index (χ0n) is 16.4. The minimum Gasteiger partial charge on any atom is -0.504 e. The van der Waals surface area contributed by atoms with Crippen LogP contribution in [0.25, 0.3) is 11.4 Å². The molecule has 2 aromatic carbocycles. The Kier molecular flexibility index (Phi) is 6.91. The Labute approximate surface area is 177 Å².